The maximum absolute atomic E-state index is 12.8. The highest BCUT2D eigenvalue weighted by molar-refractivity contribution is 14.1. The average molecular weight is 557 g/mol. The molecule has 1 atom stereocenters. The van der Waals surface area contributed by atoms with Crippen molar-refractivity contribution in [1.82, 2.24) is 19.8 Å². The number of halogens is 1. The standard InChI is InChI=1S/C21H28IN5O5/c1-13(26(11-5-10-24-19(29)30)20(31)32-21(2,3)4)14-6-8-15(9-7-14)27-12-16(22)17(23)25-18(27)28/h6-9,12-13,24H,5,10-11H2,1-4H3,(H,29,30)(H2,23,25,28). The topological polar surface area (TPSA) is 140 Å². The largest absolute Gasteiger partial charge is 0.465 e. The minimum absolute atomic E-state index is 0.183. The molecule has 10 nitrogen and oxygen atoms in total. The van der Waals surface area contributed by atoms with Crippen LogP contribution < -0.4 is 16.7 Å². The lowest BCUT2D eigenvalue weighted by atomic mass is 10.1. The first-order chi connectivity index (χ1) is 14.9. The third-order valence-electron chi connectivity index (χ3n) is 4.51. The molecule has 0 fully saturated rings. The van der Waals surface area contributed by atoms with Crippen LogP contribution in [0, 0.1) is 3.57 Å². The van der Waals surface area contributed by atoms with Gasteiger partial charge in [-0.2, -0.15) is 4.98 Å². The molecule has 0 bridgehead atoms. The van der Waals surface area contributed by atoms with Gasteiger partial charge in [-0.05, 0) is 74.4 Å². The predicted octanol–water partition coefficient (Wildman–Crippen LogP) is 3.38. The van der Waals surface area contributed by atoms with E-state index in [1.165, 1.54) is 4.57 Å². The van der Waals surface area contributed by atoms with Gasteiger partial charge < -0.3 is 25.8 Å². The van der Waals surface area contributed by atoms with Crippen LogP contribution in [0.4, 0.5) is 15.4 Å². The van der Waals surface area contributed by atoms with Gasteiger partial charge in [0, 0.05) is 19.3 Å². The van der Waals surface area contributed by atoms with Crippen molar-refractivity contribution >= 4 is 40.6 Å². The number of ether oxygens (including phenoxy) is 1. The first-order valence-electron chi connectivity index (χ1n) is 10.0. The Bertz CT molecular complexity index is 1020. The Morgan fingerprint density at radius 1 is 1.31 bits per heavy atom. The van der Waals surface area contributed by atoms with Crippen LogP contribution in [0.5, 0.6) is 0 Å². The molecule has 0 saturated carbocycles. The summed E-state index contributed by atoms with van der Waals surface area (Å²) in [5.41, 5.74) is 5.98. The number of hydrogen-bond acceptors (Lipinski definition) is 6. The first-order valence-corrected chi connectivity index (χ1v) is 11.1. The number of hydrogen-bond donors (Lipinski definition) is 3. The van der Waals surface area contributed by atoms with Crippen LogP contribution in [-0.4, -0.2) is 50.4 Å². The molecule has 0 aliphatic rings. The van der Waals surface area contributed by atoms with Gasteiger partial charge in [-0.1, -0.05) is 12.1 Å². The summed E-state index contributed by atoms with van der Waals surface area (Å²) in [5.74, 6) is 0.183. The minimum Gasteiger partial charge on any atom is -0.465 e. The molecule has 0 radical (unpaired) electrons. The van der Waals surface area contributed by atoms with E-state index in [0.29, 0.717) is 22.2 Å². The van der Waals surface area contributed by atoms with E-state index in [0.717, 1.165) is 5.56 Å². The van der Waals surface area contributed by atoms with Crippen molar-refractivity contribution in [3.05, 3.63) is 50.1 Å². The number of amides is 2. The lowest BCUT2D eigenvalue weighted by Crippen LogP contribution is -2.40. The third kappa shape index (κ3) is 7.11. The van der Waals surface area contributed by atoms with Gasteiger partial charge in [0.15, 0.2) is 0 Å². The van der Waals surface area contributed by atoms with E-state index in [1.54, 1.807) is 44.0 Å². The summed E-state index contributed by atoms with van der Waals surface area (Å²) in [6, 6.07) is 6.83. The second kappa shape index (κ2) is 10.7. The Balaban J connectivity index is 2.24. The van der Waals surface area contributed by atoms with E-state index in [2.05, 4.69) is 10.3 Å². The Morgan fingerprint density at radius 2 is 1.94 bits per heavy atom. The normalized spacial score (nSPS) is 12.2. The molecule has 0 saturated heterocycles. The highest BCUT2D eigenvalue weighted by atomic mass is 127. The van der Waals surface area contributed by atoms with Gasteiger partial charge in [0.05, 0.1) is 15.3 Å². The molecule has 0 aliphatic carbocycles. The summed E-state index contributed by atoms with van der Waals surface area (Å²) in [6.45, 7) is 7.74. The Kier molecular flexibility index (Phi) is 8.47. The van der Waals surface area contributed by atoms with Gasteiger partial charge in [-0.3, -0.25) is 4.57 Å². The number of carbonyl (C=O) groups excluding carboxylic acids is 1. The fraction of sp³-hybridized carbons (Fsp3) is 0.429. The number of aromatic nitrogens is 2. The second-order valence-corrected chi connectivity index (χ2v) is 9.32. The van der Waals surface area contributed by atoms with Crippen LogP contribution >= 0.6 is 22.6 Å². The highest BCUT2D eigenvalue weighted by Crippen LogP contribution is 2.24. The van der Waals surface area contributed by atoms with E-state index in [4.69, 9.17) is 15.6 Å². The zero-order chi connectivity index (χ0) is 24.1. The summed E-state index contributed by atoms with van der Waals surface area (Å²) in [5, 5.41) is 11.0. The molecule has 2 rings (SSSR count). The van der Waals surface area contributed by atoms with Crippen LogP contribution in [-0.2, 0) is 4.74 Å². The maximum atomic E-state index is 12.8. The monoisotopic (exact) mass is 557 g/mol. The predicted molar refractivity (Wildman–Crippen MR) is 129 cm³/mol. The molecular weight excluding hydrogens is 529 g/mol. The van der Waals surface area contributed by atoms with E-state index < -0.39 is 23.5 Å². The number of benzene rings is 1. The molecule has 1 heterocycles. The Labute approximate surface area is 199 Å². The number of nitrogens with two attached hydrogens (primary N) is 1. The molecule has 4 N–H and O–H groups in total. The van der Waals surface area contributed by atoms with Crippen LogP contribution in [0.2, 0.25) is 0 Å². The van der Waals surface area contributed by atoms with Crippen molar-refractivity contribution in [2.45, 2.75) is 45.8 Å². The van der Waals surface area contributed by atoms with E-state index >= 15 is 0 Å². The highest BCUT2D eigenvalue weighted by Gasteiger charge is 2.26. The molecular formula is C21H28IN5O5. The number of nitrogens with zero attached hydrogens (tertiary/aromatic N) is 3. The molecule has 2 aromatic rings. The number of rotatable bonds is 7. The number of nitrogen functional groups attached to an aromatic ring is 1. The van der Waals surface area contributed by atoms with Crippen molar-refractivity contribution in [2.24, 2.45) is 0 Å². The lowest BCUT2D eigenvalue weighted by Gasteiger charge is -2.32. The zero-order valence-corrected chi connectivity index (χ0v) is 20.6. The quantitative estimate of drug-likeness (QED) is 0.350. The Morgan fingerprint density at radius 3 is 2.50 bits per heavy atom. The summed E-state index contributed by atoms with van der Waals surface area (Å²) < 4.78 is 7.59. The summed E-state index contributed by atoms with van der Waals surface area (Å²) >= 11 is 2.01. The first kappa shape index (κ1) is 25.4. The Hall–Kier alpha value is -2.83. The molecule has 32 heavy (non-hydrogen) atoms. The van der Waals surface area contributed by atoms with Crippen molar-refractivity contribution in [2.75, 3.05) is 18.8 Å². The van der Waals surface area contributed by atoms with Gasteiger partial charge in [-0.25, -0.2) is 14.4 Å². The van der Waals surface area contributed by atoms with Gasteiger partial charge in [0.25, 0.3) is 0 Å². The second-order valence-electron chi connectivity index (χ2n) is 8.15. The van der Waals surface area contributed by atoms with Gasteiger partial charge in [-0.15, -0.1) is 0 Å². The smallest absolute Gasteiger partial charge is 0.410 e. The van der Waals surface area contributed by atoms with Gasteiger partial charge in [0.2, 0.25) is 0 Å². The zero-order valence-electron chi connectivity index (χ0n) is 18.5. The van der Waals surface area contributed by atoms with Crippen molar-refractivity contribution in [3.63, 3.8) is 0 Å². The van der Waals surface area contributed by atoms with Gasteiger partial charge in [0.1, 0.15) is 11.4 Å². The third-order valence-corrected chi connectivity index (χ3v) is 5.34. The molecule has 1 unspecified atom stereocenters. The maximum Gasteiger partial charge on any atom is 0.410 e. The number of nitrogens with one attached hydrogen (secondary N) is 1. The molecule has 174 valence electrons. The fourth-order valence-electron chi connectivity index (χ4n) is 2.93. The summed E-state index contributed by atoms with van der Waals surface area (Å²) in [6.07, 6.45) is 0.447. The van der Waals surface area contributed by atoms with Crippen LogP contribution in [0.3, 0.4) is 0 Å². The van der Waals surface area contributed by atoms with Crippen LogP contribution in [0.15, 0.2) is 35.3 Å². The fourth-order valence-corrected chi connectivity index (χ4v) is 3.33. The molecule has 0 spiro atoms. The van der Waals surface area contributed by atoms with Crippen molar-refractivity contribution < 1.29 is 19.4 Å². The number of anilines is 1. The van der Waals surface area contributed by atoms with E-state index in [1.807, 2.05) is 41.6 Å². The van der Waals surface area contributed by atoms with E-state index in [9.17, 15) is 14.4 Å². The molecule has 1 aromatic heterocycles. The van der Waals surface area contributed by atoms with E-state index in [-0.39, 0.29) is 18.4 Å². The number of carboxylic acid groups (broad SMARTS) is 1. The summed E-state index contributed by atoms with van der Waals surface area (Å²) in [4.78, 5) is 41.0. The summed E-state index contributed by atoms with van der Waals surface area (Å²) in [7, 11) is 0. The van der Waals surface area contributed by atoms with Gasteiger partial charge >= 0.3 is 17.9 Å². The minimum atomic E-state index is -1.11. The van der Waals surface area contributed by atoms with Crippen molar-refractivity contribution in [3.8, 4) is 5.69 Å². The SMILES string of the molecule is CC(c1ccc(-n2cc(I)c(N)nc2=O)cc1)N(CCCNC(=O)O)C(=O)OC(C)(C)C. The molecule has 1 aromatic carbocycles. The van der Waals surface area contributed by atoms with Crippen LogP contribution in [0.1, 0.15) is 45.7 Å². The lowest BCUT2D eigenvalue weighted by molar-refractivity contribution is 0.0171. The average Bonchev–Trinajstić information content (AvgIpc) is 2.69. The number of carbonyl (C=O) groups is 2. The molecule has 0 aliphatic heterocycles. The van der Waals surface area contributed by atoms with Crippen LogP contribution in [0.25, 0.3) is 5.69 Å². The molecule has 11 heteroatoms. The van der Waals surface area contributed by atoms with Crippen molar-refractivity contribution in [1.29, 1.82) is 0 Å². The molecule has 2 amide bonds.